The van der Waals surface area contributed by atoms with E-state index in [9.17, 15) is 9.59 Å². The first kappa shape index (κ1) is 18.9. The van der Waals surface area contributed by atoms with Gasteiger partial charge in [-0.2, -0.15) is 0 Å². The Labute approximate surface area is 156 Å². The summed E-state index contributed by atoms with van der Waals surface area (Å²) >= 11 is 0. The van der Waals surface area contributed by atoms with Crippen LogP contribution in [0, 0.1) is 20.8 Å². The number of carbonyl (C=O) groups is 2. The second kappa shape index (κ2) is 7.81. The summed E-state index contributed by atoms with van der Waals surface area (Å²) in [5, 5.41) is 0. The smallest absolute Gasteiger partial charge is 0.310 e. The molecular formula is C22H31NO3. The molecule has 1 aliphatic carbocycles. The number of amides is 1. The predicted molar refractivity (Wildman–Crippen MR) is 102 cm³/mol. The van der Waals surface area contributed by atoms with Gasteiger partial charge in [-0.05, 0) is 73.9 Å². The van der Waals surface area contributed by atoms with Crippen molar-refractivity contribution in [3.63, 3.8) is 0 Å². The lowest BCUT2D eigenvalue weighted by atomic mass is 9.82. The highest BCUT2D eigenvalue weighted by atomic mass is 16.5. The van der Waals surface area contributed by atoms with Crippen LogP contribution < -0.4 is 0 Å². The summed E-state index contributed by atoms with van der Waals surface area (Å²) < 4.78 is 5.14. The molecule has 0 N–H and O–H groups in total. The highest BCUT2D eigenvalue weighted by Gasteiger charge is 2.32. The molecule has 0 spiro atoms. The molecule has 3 rings (SSSR count). The summed E-state index contributed by atoms with van der Waals surface area (Å²) in [6.45, 7) is 9.25. The average molecular weight is 357 g/mol. The molecule has 4 nitrogen and oxygen atoms in total. The minimum Gasteiger partial charge on any atom is -0.466 e. The highest BCUT2D eigenvalue weighted by molar-refractivity contribution is 5.83. The van der Waals surface area contributed by atoms with Crippen molar-refractivity contribution in [3.05, 3.63) is 33.4 Å². The first-order chi connectivity index (χ1) is 12.4. The number of nitrogens with zero attached hydrogens (tertiary/aromatic N) is 1. The molecule has 26 heavy (non-hydrogen) atoms. The Hall–Kier alpha value is -1.84. The molecule has 1 aromatic carbocycles. The zero-order valence-corrected chi connectivity index (χ0v) is 16.6. The Bertz CT molecular complexity index is 717. The van der Waals surface area contributed by atoms with Crippen LogP contribution in [0.2, 0.25) is 0 Å². The lowest BCUT2D eigenvalue weighted by Gasteiger charge is -2.39. The van der Waals surface area contributed by atoms with E-state index in [4.69, 9.17) is 4.74 Å². The van der Waals surface area contributed by atoms with Crippen LogP contribution in [0.3, 0.4) is 0 Å². The summed E-state index contributed by atoms with van der Waals surface area (Å²) in [6, 6.07) is 0.406. The number of rotatable bonds is 4. The molecule has 1 saturated carbocycles. The van der Waals surface area contributed by atoms with Gasteiger partial charge in [-0.3, -0.25) is 9.59 Å². The van der Waals surface area contributed by atoms with Crippen LogP contribution in [0.4, 0.5) is 0 Å². The molecule has 142 valence electrons. The van der Waals surface area contributed by atoms with Crippen LogP contribution >= 0.6 is 0 Å². The van der Waals surface area contributed by atoms with Crippen molar-refractivity contribution in [1.82, 2.24) is 4.90 Å². The Morgan fingerprint density at radius 1 is 1.04 bits per heavy atom. The molecule has 0 radical (unpaired) electrons. The van der Waals surface area contributed by atoms with Crippen molar-refractivity contribution in [2.45, 2.75) is 85.2 Å². The minimum absolute atomic E-state index is 0.191. The van der Waals surface area contributed by atoms with Gasteiger partial charge >= 0.3 is 5.97 Å². The van der Waals surface area contributed by atoms with Crippen molar-refractivity contribution >= 4 is 11.9 Å². The van der Waals surface area contributed by atoms with Crippen molar-refractivity contribution < 1.29 is 14.3 Å². The van der Waals surface area contributed by atoms with Crippen LogP contribution in [0.25, 0.3) is 0 Å². The Balaban J connectivity index is 1.94. The molecule has 1 fully saturated rings. The van der Waals surface area contributed by atoms with Gasteiger partial charge in [0.05, 0.1) is 19.4 Å². The molecule has 4 heteroatoms. The number of hydrogen-bond donors (Lipinski definition) is 0. The third-order valence-corrected chi connectivity index (χ3v) is 6.36. The maximum atomic E-state index is 12.9. The largest absolute Gasteiger partial charge is 0.466 e. The Morgan fingerprint density at radius 3 is 2.38 bits per heavy atom. The molecule has 0 bridgehead atoms. The van der Waals surface area contributed by atoms with Crippen molar-refractivity contribution in [1.29, 1.82) is 0 Å². The molecule has 1 aliphatic heterocycles. The van der Waals surface area contributed by atoms with Crippen molar-refractivity contribution in [2.75, 3.05) is 6.61 Å². The Kier molecular flexibility index (Phi) is 5.69. The lowest BCUT2D eigenvalue weighted by Crippen LogP contribution is -2.45. The van der Waals surface area contributed by atoms with E-state index in [1.54, 1.807) is 0 Å². The second-order valence-corrected chi connectivity index (χ2v) is 7.78. The normalized spacial score (nSPS) is 18.0. The standard InChI is InChI=1S/C22H31NO3/c1-5-26-22(25)12-18-14(2)15(3)20-13-23(17-9-7-6-8-10-17)21(24)11-19(20)16(18)4/h17H,5-13H2,1-4H3. The number of fused-ring (bicyclic) bond motifs is 1. The zero-order valence-electron chi connectivity index (χ0n) is 16.6. The van der Waals surface area contributed by atoms with Crippen LogP contribution in [-0.2, 0) is 33.7 Å². The van der Waals surface area contributed by atoms with Gasteiger partial charge in [0.25, 0.3) is 0 Å². The molecule has 1 amide bonds. The average Bonchev–Trinajstić information content (AvgIpc) is 2.64. The second-order valence-electron chi connectivity index (χ2n) is 7.78. The summed E-state index contributed by atoms with van der Waals surface area (Å²) in [7, 11) is 0. The molecule has 0 atom stereocenters. The van der Waals surface area contributed by atoms with Gasteiger partial charge in [-0.1, -0.05) is 19.3 Å². The van der Waals surface area contributed by atoms with Crippen LogP contribution in [0.1, 0.15) is 72.4 Å². The number of carbonyl (C=O) groups excluding carboxylic acids is 2. The zero-order chi connectivity index (χ0) is 18.8. The number of benzene rings is 1. The quantitative estimate of drug-likeness (QED) is 0.767. The monoisotopic (exact) mass is 357 g/mol. The van der Waals surface area contributed by atoms with E-state index in [-0.39, 0.29) is 11.9 Å². The topological polar surface area (TPSA) is 46.6 Å². The molecule has 2 aliphatic rings. The maximum Gasteiger partial charge on any atom is 0.310 e. The molecule has 0 saturated heterocycles. The highest BCUT2D eigenvalue weighted by Crippen LogP contribution is 2.35. The van der Waals surface area contributed by atoms with Gasteiger partial charge in [0.15, 0.2) is 0 Å². The molecule has 1 heterocycles. The van der Waals surface area contributed by atoms with E-state index in [0.29, 0.717) is 25.5 Å². The number of hydrogen-bond acceptors (Lipinski definition) is 3. The van der Waals surface area contributed by atoms with E-state index in [0.717, 1.165) is 36.1 Å². The summed E-state index contributed by atoms with van der Waals surface area (Å²) in [5.74, 6) is 0.0573. The maximum absolute atomic E-state index is 12.9. The first-order valence-electron chi connectivity index (χ1n) is 9.99. The predicted octanol–water partition coefficient (Wildman–Crippen LogP) is 3.93. The van der Waals surface area contributed by atoms with E-state index in [2.05, 4.69) is 25.7 Å². The van der Waals surface area contributed by atoms with Gasteiger partial charge in [0, 0.05) is 12.6 Å². The van der Waals surface area contributed by atoms with Gasteiger partial charge in [0.2, 0.25) is 5.91 Å². The Morgan fingerprint density at radius 2 is 1.73 bits per heavy atom. The summed E-state index contributed by atoms with van der Waals surface area (Å²) in [4.78, 5) is 27.0. The van der Waals surface area contributed by atoms with Gasteiger partial charge in [-0.15, -0.1) is 0 Å². The minimum atomic E-state index is -0.191. The number of ether oxygens (including phenoxy) is 1. The van der Waals surface area contributed by atoms with Crippen molar-refractivity contribution in [3.8, 4) is 0 Å². The summed E-state index contributed by atoms with van der Waals surface area (Å²) in [5.41, 5.74) is 7.00. The lowest BCUT2D eigenvalue weighted by molar-refractivity contribution is -0.142. The third-order valence-electron chi connectivity index (χ3n) is 6.36. The molecule has 0 unspecified atom stereocenters. The van der Waals surface area contributed by atoms with Crippen LogP contribution in [-0.4, -0.2) is 29.4 Å². The van der Waals surface area contributed by atoms with E-state index in [1.165, 1.54) is 36.0 Å². The van der Waals surface area contributed by atoms with E-state index in [1.807, 2.05) is 6.92 Å². The van der Waals surface area contributed by atoms with Gasteiger partial charge in [0.1, 0.15) is 0 Å². The fourth-order valence-electron chi connectivity index (χ4n) is 4.68. The van der Waals surface area contributed by atoms with E-state index >= 15 is 0 Å². The third kappa shape index (κ3) is 3.51. The fraction of sp³-hybridized carbons (Fsp3) is 0.636. The number of esters is 1. The molecular weight excluding hydrogens is 326 g/mol. The van der Waals surface area contributed by atoms with Crippen molar-refractivity contribution in [2.24, 2.45) is 0 Å². The van der Waals surface area contributed by atoms with E-state index < -0.39 is 0 Å². The van der Waals surface area contributed by atoms with Gasteiger partial charge < -0.3 is 9.64 Å². The molecule has 0 aromatic heterocycles. The van der Waals surface area contributed by atoms with Crippen LogP contribution in [0.5, 0.6) is 0 Å². The fourth-order valence-corrected chi connectivity index (χ4v) is 4.68. The molecule has 1 aromatic rings. The van der Waals surface area contributed by atoms with Gasteiger partial charge in [-0.25, -0.2) is 0 Å². The van der Waals surface area contributed by atoms with Crippen LogP contribution in [0.15, 0.2) is 0 Å². The first-order valence-corrected chi connectivity index (χ1v) is 9.99. The summed E-state index contributed by atoms with van der Waals surface area (Å²) in [6.07, 6.45) is 6.80. The SMILES string of the molecule is CCOC(=O)Cc1c(C)c(C)c2c(c1C)CC(=O)N(C1CCCCC1)C2.